The molecule has 2 aromatic rings. The van der Waals surface area contributed by atoms with Gasteiger partial charge in [-0.05, 0) is 42.3 Å². The number of ether oxygens (including phenoxy) is 1. The molecule has 0 spiro atoms. The number of nitrogens with zero attached hydrogens (tertiary/aromatic N) is 1. The van der Waals surface area contributed by atoms with Crippen molar-refractivity contribution >= 4 is 39.3 Å². The summed E-state index contributed by atoms with van der Waals surface area (Å²) in [5, 5.41) is 0. The van der Waals surface area contributed by atoms with Crippen LogP contribution in [-0.4, -0.2) is 30.9 Å². The fourth-order valence-electron chi connectivity index (χ4n) is 2.63. The number of carbonyl (C=O) groups is 3. The number of nitrogens with one attached hydrogen (secondary N) is 2. The summed E-state index contributed by atoms with van der Waals surface area (Å²) in [6.45, 7) is 1.65. The first kappa shape index (κ1) is 18.9. The van der Waals surface area contributed by atoms with Crippen molar-refractivity contribution in [2.75, 3.05) is 18.1 Å². The van der Waals surface area contributed by atoms with Crippen molar-refractivity contribution in [2.45, 2.75) is 13.3 Å². The van der Waals surface area contributed by atoms with E-state index < -0.39 is 11.8 Å². The predicted molar refractivity (Wildman–Crippen MR) is 103 cm³/mol. The van der Waals surface area contributed by atoms with Gasteiger partial charge in [0.2, 0.25) is 0 Å². The van der Waals surface area contributed by atoms with Crippen molar-refractivity contribution in [1.82, 2.24) is 10.9 Å². The van der Waals surface area contributed by atoms with Gasteiger partial charge in [0.15, 0.2) is 6.61 Å². The highest BCUT2D eigenvalue weighted by molar-refractivity contribution is 9.10. The van der Waals surface area contributed by atoms with E-state index in [1.165, 1.54) is 4.90 Å². The molecule has 0 radical (unpaired) electrons. The summed E-state index contributed by atoms with van der Waals surface area (Å²) in [4.78, 5) is 37.8. The molecule has 3 amide bonds. The molecule has 0 fully saturated rings. The highest BCUT2D eigenvalue weighted by atomic mass is 79.9. The van der Waals surface area contributed by atoms with E-state index in [-0.39, 0.29) is 19.1 Å². The summed E-state index contributed by atoms with van der Waals surface area (Å²) >= 11 is 3.34. The van der Waals surface area contributed by atoms with E-state index in [1.54, 1.807) is 30.3 Å². The molecule has 0 bridgehead atoms. The van der Waals surface area contributed by atoms with Crippen molar-refractivity contribution in [2.24, 2.45) is 0 Å². The van der Waals surface area contributed by atoms with Crippen LogP contribution in [0, 0.1) is 0 Å². The maximum absolute atomic E-state index is 12.2. The van der Waals surface area contributed by atoms with Crippen LogP contribution in [0.25, 0.3) is 0 Å². The second-order valence-electron chi connectivity index (χ2n) is 5.93. The number of amides is 3. The van der Waals surface area contributed by atoms with Gasteiger partial charge in [-0.25, -0.2) is 0 Å². The molecule has 1 aliphatic rings. The Morgan fingerprint density at radius 1 is 1.15 bits per heavy atom. The molecule has 1 aliphatic heterocycles. The van der Waals surface area contributed by atoms with Crippen molar-refractivity contribution in [3.63, 3.8) is 0 Å². The molecule has 27 heavy (non-hydrogen) atoms. The van der Waals surface area contributed by atoms with Crippen molar-refractivity contribution < 1.29 is 19.1 Å². The number of anilines is 1. The molecule has 2 N–H and O–H groups in total. The first-order valence-electron chi connectivity index (χ1n) is 8.38. The number of carbonyl (C=O) groups excluding carboxylic acids is 3. The normalized spacial score (nSPS) is 12.8. The average molecular weight is 432 g/mol. The third-order valence-electron chi connectivity index (χ3n) is 4.11. The van der Waals surface area contributed by atoms with Crippen LogP contribution in [-0.2, 0) is 16.0 Å². The van der Waals surface area contributed by atoms with Gasteiger partial charge in [0, 0.05) is 10.0 Å². The number of rotatable bonds is 4. The maximum Gasteiger partial charge on any atom is 0.269 e. The van der Waals surface area contributed by atoms with Gasteiger partial charge in [-0.15, -0.1) is 0 Å². The molecular formula is C19H18BrN3O4. The molecule has 0 saturated carbocycles. The smallest absolute Gasteiger partial charge is 0.269 e. The minimum absolute atomic E-state index is 0.146. The fraction of sp³-hybridized carbons (Fsp3) is 0.211. The van der Waals surface area contributed by atoms with Gasteiger partial charge < -0.3 is 4.74 Å². The summed E-state index contributed by atoms with van der Waals surface area (Å²) in [7, 11) is 0. The Labute approximate surface area is 164 Å². The van der Waals surface area contributed by atoms with Gasteiger partial charge in [0.25, 0.3) is 17.7 Å². The largest absolute Gasteiger partial charge is 0.482 e. The van der Waals surface area contributed by atoms with Crippen LogP contribution in [0.3, 0.4) is 0 Å². The molecule has 0 unspecified atom stereocenters. The van der Waals surface area contributed by atoms with E-state index in [4.69, 9.17) is 4.74 Å². The Hall–Kier alpha value is -2.87. The van der Waals surface area contributed by atoms with Crippen LogP contribution in [0.5, 0.6) is 5.75 Å². The molecule has 8 heteroatoms. The van der Waals surface area contributed by atoms with Crippen LogP contribution >= 0.6 is 15.9 Å². The molecule has 2 aromatic carbocycles. The van der Waals surface area contributed by atoms with Gasteiger partial charge in [0.05, 0.1) is 5.69 Å². The zero-order chi connectivity index (χ0) is 19.4. The molecule has 3 rings (SSSR count). The third kappa shape index (κ3) is 4.46. The lowest BCUT2D eigenvalue weighted by atomic mass is 10.1. The Bertz CT molecular complexity index is 883. The monoisotopic (exact) mass is 431 g/mol. The molecule has 1 heterocycles. The van der Waals surface area contributed by atoms with E-state index in [1.807, 2.05) is 19.1 Å². The second-order valence-corrected chi connectivity index (χ2v) is 6.85. The van der Waals surface area contributed by atoms with Crippen LogP contribution in [0.4, 0.5) is 5.69 Å². The lowest BCUT2D eigenvalue weighted by Gasteiger charge is -2.28. The third-order valence-corrected chi connectivity index (χ3v) is 4.60. The number of hydrazine groups is 1. The molecule has 0 atom stereocenters. The second kappa shape index (κ2) is 8.22. The standard InChI is InChI=1S/C19H18BrN3O4/c1-2-12-3-5-13(6-4-12)19(26)22-21-17(24)10-23-15-8-7-14(20)9-16(15)27-11-18(23)25/h3-9H,2,10-11H2,1H3,(H,21,24)(H,22,26). The van der Waals surface area contributed by atoms with Crippen molar-refractivity contribution in [1.29, 1.82) is 0 Å². The summed E-state index contributed by atoms with van der Waals surface area (Å²) in [5.74, 6) is -0.764. The van der Waals surface area contributed by atoms with Gasteiger partial charge in [-0.2, -0.15) is 0 Å². The SMILES string of the molecule is CCc1ccc(C(=O)NNC(=O)CN2C(=O)COc3cc(Br)ccc32)cc1. The Kier molecular flexibility index (Phi) is 5.75. The van der Waals surface area contributed by atoms with Crippen molar-refractivity contribution in [3.05, 3.63) is 58.1 Å². The van der Waals surface area contributed by atoms with Gasteiger partial charge >= 0.3 is 0 Å². The number of halogens is 1. The Balaban J connectivity index is 1.60. The summed E-state index contributed by atoms with van der Waals surface area (Å²) < 4.78 is 6.19. The zero-order valence-corrected chi connectivity index (χ0v) is 16.2. The summed E-state index contributed by atoms with van der Waals surface area (Å²) in [5.41, 5.74) is 6.75. The molecule has 0 aromatic heterocycles. The lowest BCUT2D eigenvalue weighted by molar-refractivity contribution is -0.125. The van der Waals surface area contributed by atoms with Crippen LogP contribution in [0.1, 0.15) is 22.8 Å². The molecule has 7 nitrogen and oxygen atoms in total. The van der Waals surface area contributed by atoms with E-state index in [2.05, 4.69) is 26.8 Å². The number of hydrogen-bond acceptors (Lipinski definition) is 4. The summed E-state index contributed by atoms with van der Waals surface area (Å²) in [6.07, 6.45) is 0.879. The number of aryl methyl sites for hydroxylation is 1. The molecular weight excluding hydrogens is 414 g/mol. The quantitative estimate of drug-likeness (QED) is 0.726. The minimum Gasteiger partial charge on any atom is -0.482 e. The molecule has 0 saturated heterocycles. The maximum atomic E-state index is 12.2. The van der Waals surface area contributed by atoms with Crippen LogP contribution in [0.2, 0.25) is 0 Å². The molecule has 140 valence electrons. The van der Waals surface area contributed by atoms with Gasteiger partial charge in [-0.3, -0.25) is 30.1 Å². The highest BCUT2D eigenvalue weighted by Gasteiger charge is 2.27. The topological polar surface area (TPSA) is 87.7 Å². The van der Waals surface area contributed by atoms with Crippen LogP contribution < -0.4 is 20.5 Å². The van der Waals surface area contributed by atoms with E-state index in [0.29, 0.717) is 17.0 Å². The zero-order valence-electron chi connectivity index (χ0n) is 14.6. The van der Waals surface area contributed by atoms with Crippen LogP contribution in [0.15, 0.2) is 46.9 Å². The predicted octanol–water partition coefficient (Wildman–Crippen LogP) is 2.20. The highest BCUT2D eigenvalue weighted by Crippen LogP contribution is 2.34. The Morgan fingerprint density at radius 2 is 1.89 bits per heavy atom. The number of benzene rings is 2. The summed E-state index contributed by atoms with van der Waals surface area (Å²) in [6, 6.07) is 12.3. The lowest BCUT2D eigenvalue weighted by Crippen LogP contribution is -2.49. The van der Waals surface area contributed by atoms with E-state index >= 15 is 0 Å². The minimum atomic E-state index is -0.516. The fourth-order valence-corrected chi connectivity index (χ4v) is 2.97. The first-order chi connectivity index (χ1) is 13.0. The van der Waals surface area contributed by atoms with Crippen molar-refractivity contribution in [3.8, 4) is 5.75 Å². The van der Waals surface area contributed by atoms with E-state index in [0.717, 1.165) is 16.5 Å². The van der Waals surface area contributed by atoms with E-state index in [9.17, 15) is 14.4 Å². The average Bonchev–Trinajstić information content (AvgIpc) is 2.68. The first-order valence-corrected chi connectivity index (χ1v) is 9.18. The number of fused-ring (bicyclic) bond motifs is 1. The van der Waals surface area contributed by atoms with Gasteiger partial charge in [-0.1, -0.05) is 35.0 Å². The number of hydrogen-bond donors (Lipinski definition) is 2. The Morgan fingerprint density at radius 3 is 2.59 bits per heavy atom. The van der Waals surface area contributed by atoms with Gasteiger partial charge in [0.1, 0.15) is 12.3 Å². The molecule has 0 aliphatic carbocycles.